The van der Waals surface area contributed by atoms with Gasteiger partial charge in [-0.15, -0.1) is 23.5 Å². The minimum absolute atomic E-state index is 0.00867. The van der Waals surface area contributed by atoms with Gasteiger partial charge in [-0.2, -0.15) is 0 Å². The number of rotatable bonds is 4. The van der Waals surface area contributed by atoms with Crippen molar-refractivity contribution >= 4 is 40.3 Å². The summed E-state index contributed by atoms with van der Waals surface area (Å²) in [6.07, 6.45) is 5.07. The SMILES string of the molecule is CSc1cccc(C2=CCC(C3(c4ccccc4)NC(=N)N(C)C3=O)S2)c1. The summed E-state index contributed by atoms with van der Waals surface area (Å²) in [4.78, 5) is 17.1. The molecule has 0 bridgehead atoms. The number of hydrogen-bond acceptors (Lipinski definition) is 4. The maximum absolute atomic E-state index is 13.3. The van der Waals surface area contributed by atoms with Crippen molar-refractivity contribution in [2.45, 2.75) is 22.1 Å². The second-order valence-electron chi connectivity index (χ2n) is 6.65. The Bertz CT molecular complexity index is 928. The van der Waals surface area contributed by atoms with Crippen molar-refractivity contribution in [2.24, 2.45) is 0 Å². The van der Waals surface area contributed by atoms with Gasteiger partial charge in [-0.3, -0.25) is 15.1 Å². The summed E-state index contributed by atoms with van der Waals surface area (Å²) in [6.45, 7) is 0. The van der Waals surface area contributed by atoms with Crippen LogP contribution in [0, 0.1) is 5.41 Å². The van der Waals surface area contributed by atoms with Gasteiger partial charge in [0.25, 0.3) is 5.91 Å². The number of benzene rings is 2. The van der Waals surface area contributed by atoms with Crippen LogP contribution in [-0.2, 0) is 10.3 Å². The number of nitrogens with one attached hydrogen (secondary N) is 2. The lowest BCUT2D eigenvalue weighted by Gasteiger charge is -2.33. The van der Waals surface area contributed by atoms with Crippen LogP contribution in [-0.4, -0.2) is 35.3 Å². The predicted octanol–water partition coefficient (Wildman–Crippen LogP) is 4.15. The fourth-order valence-electron chi connectivity index (χ4n) is 3.68. The van der Waals surface area contributed by atoms with Crippen LogP contribution in [0.25, 0.3) is 4.91 Å². The largest absolute Gasteiger partial charge is 0.337 e. The molecule has 0 radical (unpaired) electrons. The number of carbonyl (C=O) groups is 1. The topological polar surface area (TPSA) is 56.2 Å². The first-order chi connectivity index (χ1) is 13.1. The van der Waals surface area contributed by atoms with Crippen LogP contribution in [0.1, 0.15) is 17.5 Å². The third-order valence-corrected chi connectivity index (χ3v) is 7.36. The van der Waals surface area contributed by atoms with Crippen molar-refractivity contribution < 1.29 is 4.79 Å². The average Bonchev–Trinajstić information content (AvgIpc) is 3.29. The van der Waals surface area contributed by atoms with Crippen molar-refractivity contribution in [3.8, 4) is 0 Å². The van der Waals surface area contributed by atoms with Crippen molar-refractivity contribution in [3.63, 3.8) is 0 Å². The highest BCUT2D eigenvalue weighted by molar-refractivity contribution is 8.09. The van der Waals surface area contributed by atoms with Crippen LogP contribution in [0.5, 0.6) is 0 Å². The van der Waals surface area contributed by atoms with Gasteiger partial charge in [0, 0.05) is 22.1 Å². The Morgan fingerprint density at radius 3 is 2.67 bits per heavy atom. The molecule has 0 saturated carbocycles. The molecule has 2 atom stereocenters. The third kappa shape index (κ3) is 2.97. The van der Waals surface area contributed by atoms with E-state index in [0.29, 0.717) is 0 Å². The van der Waals surface area contributed by atoms with Gasteiger partial charge in [-0.1, -0.05) is 48.5 Å². The number of amides is 1. The summed E-state index contributed by atoms with van der Waals surface area (Å²) in [7, 11) is 1.66. The van der Waals surface area contributed by atoms with Gasteiger partial charge in [0.1, 0.15) is 0 Å². The lowest BCUT2D eigenvalue weighted by Crippen LogP contribution is -2.51. The molecule has 4 nitrogen and oxygen atoms in total. The number of nitrogens with zero attached hydrogens (tertiary/aromatic N) is 1. The number of guanidine groups is 1. The van der Waals surface area contributed by atoms with Crippen LogP contribution in [0.3, 0.4) is 0 Å². The first-order valence-corrected chi connectivity index (χ1v) is 10.9. The highest BCUT2D eigenvalue weighted by Crippen LogP contribution is 2.49. The summed E-state index contributed by atoms with van der Waals surface area (Å²) in [5, 5.41) is 11.4. The number of allylic oxidation sites excluding steroid dienone is 1. The summed E-state index contributed by atoms with van der Waals surface area (Å²) in [5.74, 6) is 0.0889. The zero-order chi connectivity index (χ0) is 19.0. The Hall–Kier alpha value is -2.18. The molecule has 2 aromatic carbocycles. The standard InChI is InChI=1S/C21H21N3OS2/c1-24-19(25)21(23-20(24)22,15-8-4-3-5-9-15)18-12-11-17(27-18)14-7-6-10-16(13-14)26-2/h3-11,13,18H,12H2,1-2H3,(H2,22,23). The molecule has 0 aliphatic carbocycles. The zero-order valence-corrected chi connectivity index (χ0v) is 16.9. The molecule has 2 N–H and O–H groups in total. The monoisotopic (exact) mass is 395 g/mol. The van der Waals surface area contributed by atoms with E-state index in [1.54, 1.807) is 30.6 Å². The van der Waals surface area contributed by atoms with E-state index in [1.165, 1.54) is 20.3 Å². The van der Waals surface area contributed by atoms with Gasteiger partial charge in [0.15, 0.2) is 11.5 Å². The normalized spacial score (nSPS) is 24.9. The van der Waals surface area contributed by atoms with E-state index < -0.39 is 5.54 Å². The lowest BCUT2D eigenvalue weighted by atomic mass is 9.84. The highest BCUT2D eigenvalue weighted by atomic mass is 32.2. The summed E-state index contributed by atoms with van der Waals surface area (Å²) in [5.41, 5.74) is 1.19. The van der Waals surface area contributed by atoms with E-state index >= 15 is 0 Å². The Kier molecular flexibility index (Phi) is 4.78. The lowest BCUT2D eigenvalue weighted by molar-refractivity contribution is -0.130. The van der Waals surface area contributed by atoms with E-state index in [2.05, 4.69) is 41.9 Å². The molecule has 1 saturated heterocycles. The third-order valence-electron chi connectivity index (χ3n) is 5.15. The van der Waals surface area contributed by atoms with Gasteiger partial charge >= 0.3 is 0 Å². The Balaban J connectivity index is 1.70. The van der Waals surface area contributed by atoms with Gasteiger partial charge in [-0.05, 0) is 35.9 Å². The molecule has 2 aliphatic heterocycles. The minimum Gasteiger partial charge on any atom is -0.337 e. The first-order valence-electron chi connectivity index (χ1n) is 8.78. The predicted molar refractivity (Wildman–Crippen MR) is 114 cm³/mol. The molecule has 6 heteroatoms. The molecule has 1 fully saturated rings. The molecular formula is C21H21N3OS2. The van der Waals surface area contributed by atoms with Gasteiger partial charge < -0.3 is 5.32 Å². The van der Waals surface area contributed by atoms with Crippen LogP contribution in [0.2, 0.25) is 0 Å². The summed E-state index contributed by atoms with van der Waals surface area (Å²) < 4.78 is 0. The van der Waals surface area contributed by atoms with Gasteiger partial charge in [-0.25, -0.2) is 0 Å². The Labute approximate surface area is 167 Å². The maximum atomic E-state index is 13.3. The molecule has 2 heterocycles. The number of hydrogen-bond donors (Lipinski definition) is 2. The smallest absolute Gasteiger partial charge is 0.260 e. The Morgan fingerprint density at radius 2 is 2.00 bits per heavy atom. The van der Waals surface area contributed by atoms with E-state index in [9.17, 15) is 4.79 Å². The van der Waals surface area contributed by atoms with E-state index in [4.69, 9.17) is 5.41 Å². The number of carbonyl (C=O) groups excluding carboxylic acids is 1. The molecule has 27 heavy (non-hydrogen) atoms. The molecule has 2 aromatic rings. The second-order valence-corrected chi connectivity index (χ2v) is 8.78. The molecule has 2 unspecified atom stereocenters. The second kappa shape index (κ2) is 7.09. The first kappa shape index (κ1) is 18.2. The fourth-order valence-corrected chi connectivity index (χ4v) is 5.57. The minimum atomic E-state index is -0.910. The molecule has 0 spiro atoms. The number of thioether (sulfide) groups is 2. The fraction of sp³-hybridized carbons (Fsp3) is 0.238. The molecule has 4 rings (SSSR count). The zero-order valence-electron chi connectivity index (χ0n) is 15.2. The molecule has 2 aliphatic rings. The van der Waals surface area contributed by atoms with Crippen LogP contribution in [0.15, 0.2) is 65.6 Å². The molecular weight excluding hydrogens is 374 g/mol. The molecule has 1 amide bonds. The molecule has 0 aromatic heterocycles. The van der Waals surface area contributed by atoms with E-state index in [0.717, 1.165) is 12.0 Å². The van der Waals surface area contributed by atoms with Crippen molar-refractivity contribution in [1.82, 2.24) is 10.2 Å². The maximum Gasteiger partial charge on any atom is 0.260 e. The van der Waals surface area contributed by atoms with E-state index in [-0.39, 0.29) is 17.1 Å². The van der Waals surface area contributed by atoms with E-state index in [1.807, 2.05) is 30.3 Å². The summed E-state index contributed by atoms with van der Waals surface area (Å²) in [6, 6.07) is 18.3. The van der Waals surface area contributed by atoms with Crippen LogP contribution >= 0.6 is 23.5 Å². The molecule has 138 valence electrons. The summed E-state index contributed by atoms with van der Waals surface area (Å²) >= 11 is 3.45. The van der Waals surface area contributed by atoms with Crippen molar-refractivity contribution in [1.29, 1.82) is 5.41 Å². The Morgan fingerprint density at radius 1 is 1.22 bits per heavy atom. The van der Waals surface area contributed by atoms with Gasteiger partial charge in [0.05, 0.1) is 0 Å². The average molecular weight is 396 g/mol. The van der Waals surface area contributed by atoms with Crippen LogP contribution < -0.4 is 5.32 Å². The van der Waals surface area contributed by atoms with Crippen molar-refractivity contribution in [2.75, 3.05) is 13.3 Å². The number of likely N-dealkylation sites (N-methyl/N-ethyl adjacent to an activating group) is 1. The van der Waals surface area contributed by atoms with Crippen molar-refractivity contribution in [3.05, 3.63) is 71.8 Å². The van der Waals surface area contributed by atoms with Gasteiger partial charge in [0.2, 0.25) is 0 Å². The van der Waals surface area contributed by atoms with Crippen LogP contribution in [0.4, 0.5) is 0 Å². The highest BCUT2D eigenvalue weighted by Gasteiger charge is 2.55. The quantitative estimate of drug-likeness (QED) is 0.764.